The van der Waals surface area contributed by atoms with Crippen LogP contribution in [0.4, 0.5) is 0 Å². The lowest BCUT2D eigenvalue weighted by molar-refractivity contribution is -0.166. The third kappa shape index (κ3) is 16.2. The Morgan fingerprint density at radius 1 is 0.826 bits per heavy atom. The number of aromatic nitrogens is 4. The number of allylic oxidation sites excluding steroid dienone is 6. The van der Waals surface area contributed by atoms with Crippen LogP contribution in [0.1, 0.15) is 132 Å². The van der Waals surface area contributed by atoms with Crippen LogP contribution in [0, 0.1) is 35.5 Å². The maximum Gasteiger partial charge on any atom is 0.329 e. The van der Waals surface area contributed by atoms with Crippen molar-refractivity contribution in [3.8, 4) is 0 Å². The van der Waals surface area contributed by atoms with Crippen molar-refractivity contribution in [1.29, 1.82) is 0 Å². The molecule has 3 heterocycles. The number of piperidine rings is 1. The lowest BCUT2D eigenvalue weighted by atomic mass is 9.77. The molecule has 0 radical (unpaired) electrons. The molecule has 384 valence electrons. The number of hydrogen-bond donors (Lipinski definition) is 2. The van der Waals surface area contributed by atoms with Crippen LogP contribution >= 0.6 is 0 Å². The summed E-state index contributed by atoms with van der Waals surface area (Å²) in [7, 11) is 4.56. The van der Waals surface area contributed by atoms with Gasteiger partial charge in [0.15, 0.2) is 5.78 Å². The van der Waals surface area contributed by atoms with Gasteiger partial charge >= 0.3 is 5.97 Å². The number of carbonyl (C=O) groups excluding carboxylic acids is 6. The van der Waals surface area contributed by atoms with Gasteiger partial charge in [0, 0.05) is 58.5 Å². The Morgan fingerprint density at radius 2 is 1.57 bits per heavy atom. The number of esters is 1. The fourth-order valence-electron chi connectivity index (χ4n) is 10.1. The van der Waals surface area contributed by atoms with E-state index in [-0.39, 0.29) is 80.1 Å². The molecule has 2 fully saturated rings. The molecule has 1 amide bonds. The molecule has 17 heteroatoms. The first kappa shape index (κ1) is 57.0. The van der Waals surface area contributed by atoms with Crippen LogP contribution in [-0.4, -0.2) is 141 Å². The number of Topliss-reactive ketones (excluding diaryl/α,β-unsaturated/α-hetero) is 4. The first-order chi connectivity index (χ1) is 32.8. The lowest BCUT2D eigenvalue weighted by Crippen LogP contribution is -2.53. The normalized spacial score (nSPS) is 36.2. The number of aliphatic hydroxyl groups is 2. The number of aliphatic hydroxyl groups excluding tert-OH is 2. The van der Waals surface area contributed by atoms with E-state index in [4.69, 9.17) is 18.9 Å². The average Bonchev–Trinajstić information content (AvgIpc) is 3.88. The molecule has 1 aromatic rings. The van der Waals surface area contributed by atoms with Crippen molar-refractivity contribution in [3.63, 3.8) is 0 Å². The number of hydrogen-bond acceptors (Lipinski definition) is 15. The van der Waals surface area contributed by atoms with Crippen LogP contribution < -0.4 is 0 Å². The number of ketones is 4. The summed E-state index contributed by atoms with van der Waals surface area (Å²) >= 11 is 0. The van der Waals surface area contributed by atoms with Crippen molar-refractivity contribution in [3.05, 3.63) is 53.9 Å². The van der Waals surface area contributed by atoms with Gasteiger partial charge in [0.2, 0.25) is 5.78 Å². The second-order valence-corrected chi connectivity index (χ2v) is 20.0. The summed E-state index contributed by atoms with van der Waals surface area (Å²) < 4.78 is 25.1. The van der Waals surface area contributed by atoms with E-state index in [1.807, 2.05) is 51.2 Å². The number of rotatable bonds is 7. The van der Waals surface area contributed by atoms with Gasteiger partial charge in [-0.1, -0.05) is 71.1 Å². The third-order valence-electron chi connectivity index (χ3n) is 14.5. The largest absolute Gasteiger partial charge is 0.460 e. The minimum atomic E-state index is -1.33. The van der Waals surface area contributed by atoms with Crippen LogP contribution in [0.15, 0.2) is 53.9 Å². The fourth-order valence-corrected chi connectivity index (χ4v) is 10.1. The number of ether oxygens (including phenoxy) is 4. The Kier molecular flexibility index (Phi) is 22.9. The highest BCUT2D eigenvalue weighted by Gasteiger charge is 2.42. The number of nitrogens with zero attached hydrogens (tertiary/aromatic N) is 5. The molecule has 3 aliphatic rings. The Balaban J connectivity index is 1.64. The first-order valence-electron chi connectivity index (χ1n) is 24.8. The molecule has 1 saturated carbocycles. The van der Waals surface area contributed by atoms with E-state index in [1.54, 1.807) is 59.0 Å². The topological polar surface area (TPSA) is 227 Å². The highest BCUT2D eigenvalue weighted by molar-refractivity contribution is 6.63. The highest BCUT2D eigenvalue weighted by atomic mass is 16.5. The highest BCUT2D eigenvalue weighted by Crippen LogP contribution is 2.38. The van der Waals surface area contributed by atoms with Crippen molar-refractivity contribution in [1.82, 2.24) is 25.1 Å². The van der Waals surface area contributed by atoms with Crippen molar-refractivity contribution in [2.45, 2.75) is 174 Å². The second kappa shape index (κ2) is 27.7. The molecule has 0 bridgehead atoms. The fraction of sp³-hybridized carbons (Fsp3) is 0.712. The van der Waals surface area contributed by atoms with Gasteiger partial charge in [0.1, 0.15) is 36.5 Å². The molecule has 0 unspecified atom stereocenters. The molecule has 0 aromatic carbocycles. The Hall–Kier alpha value is -4.55. The molecular weight excluding hydrogens is 887 g/mol. The van der Waals surface area contributed by atoms with Gasteiger partial charge in [-0.2, -0.15) is 0 Å². The van der Waals surface area contributed by atoms with Crippen molar-refractivity contribution in [2.24, 2.45) is 35.5 Å². The third-order valence-corrected chi connectivity index (χ3v) is 14.5. The predicted molar refractivity (Wildman–Crippen MR) is 257 cm³/mol. The molecule has 1 aromatic heterocycles. The quantitative estimate of drug-likeness (QED) is 0.185. The smallest absolute Gasteiger partial charge is 0.329 e. The van der Waals surface area contributed by atoms with Gasteiger partial charge in [0.05, 0.1) is 24.4 Å². The van der Waals surface area contributed by atoms with Crippen molar-refractivity contribution < 1.29 is 57.9 Å². The van der Waals surface area contributed by atoms with E-state index in [2.05, 4.69) is 15.5 Å². The number of tetrazole rings is 1. The number of fused-ring (bicyclic) bond motifs is 1. The average molecular weight is 966 g/mol. The molecular formula is C52H79N5O12. The Bertz CT molecular complexity index is 2000. The van der Waals surface area contributed by atoms with E-state index in [0.717, 1.165) is 23.3 Å². The van der Waals surface area contributed by atoms with Crippen LogP contribution in [0.2, 0.25) is 0 Å². The number of amides is 1. The van der Waals surface area contributed by atoms with Gasteiger partial charge in [-0.15, -0.1) is 5.10 Å². The number of carbonyl (C=O) groups is 6. The van der Waals surface area contributed by atoms with Gasteiger partial charge in [-0.3, -0.25) is 24.0 Å². The summed E-state index contributed by atoms with van der Waals surface area (Å²) in [5, 5.41) is 34.1. The minimum absolute atomic E-state index is 0.0102. The zero-order valence-corrected chi connectivity index (χ0v) is 42.5. The summed E-state index contributed by atoms with van der Waals surface area (Å²) in [6.07, 6.45) is 12.7. The second-order valence-electron chi connectivity index (χ2n) is 20.0. The van der Waals surface area contributed by atoms with E-state index in [0.29, 0.717) is 37.7 Å². The molecule has 0 spiro atoms. The van der Waals surface area contributed by atoms with Crippen LogP contribution in [-0.2, 0) is 47.7 Å². The molecule has 1 aliphatic carbocycles. The predicted octanol–water partition coefficient (Wildman–Crippen LogP) is 5.89. The van der Waals surface area contributed by atoms with E-state index in [1.165, 1.54) is 7.11 Å². The summed E-state index contributed by atoms with van der Waals surface area (Å²) in [5.74, 6) is -6.81. The molecule has 2 aliphatic heterocycles. The van der Waals surface area contributed by atoms with Gasteiger partial charge in [-0.25, -0.2) is 9.48 Å². The summed E-state index contributed by atoms with van der Waals surface area (Å²) in [6.45, 7) is 12.6. The summed E-state index contributed by atoms with van der Waals surface area (Å²) in [4.78, 5) is 84.3. The van der Waals surface area contributed by atoms with Crippen molar-refractivity contribution >= 4 is 35.0 Å². The molecule has 2 N–H and O–H groups in total. The van der Waals surface area contributed by atoms with E-state index < -0.39 is 77.8 Å². The van der Waals surface area contributed by atoms with Crippen LogP contribution in [0.25, 0.3) is 0 Å². The Labute approximate surface area is 408 Å². The summed E-state index contributed by atoms with van der Waals surface area (Å²) in [6, 6.07) is -1.22. The standard InChI is InChI=1S/C52H79N5O12/c1-31-16-12-11-13-17-32(2)43(66-8)28-39(58)21-19-33(3)46(60)49(63)51(64)56-23-15-14-18-41(56)52(65)69-44(35(5)26-38-20-22-40(45(27-38)67-9)57-30-53-54-55-57)29-42(59)34(4)25-37(7)48(62)50(68-10)47(61)36(6)24-31/h11-13,16-17,25,30-31,33-36,38-41,43-45,48,50,58,62H,14-15,18-24,26-29H2,1-10H3/b13-11+,16-12+,32-17+,37-25+/t31-,33-,34-,35-,36-,38-,39+,40-,41+,43+,44+,45-,48-,50+/m1/s1. The zero-order chi connectivity index (χ0) is 50.9. The minimum Gasteiger partial charge on any atom is -0.460 e. The molecule has 69 heavy (non-hydrogen) atoms. The van der Waals surface area contributed by atoms with Gasteiger partial charge in [-0.05, 0) is 117 Å². The Morgan fingerprint density at radius 3 is 2.23 bits per heavy atom. The SMILES string of the molecule is CO[C@H]1C[C@@H](O)CC[C@@H](C)C(=O)C(=O)C(=O)N2CCCC[C@H]2C(=O)O[C@H]([C@H](C)C[C@H]2CC[C@@H](n3cnnn3)[C@H](OC)C2)CC(=O)[C@H](C)/C=C(\C)[C@@H](O)[C@@H](OC)C(=O)[C@H](C)C[C@H](C)/C=C/C=C/C=C/1C. The van der Waals surface area contributed by atoms with E-state index >= 15 is 0 Å². The monoisotopic (exact) mass is 966 g/mol. The molecule has 1 saturated heterocycles. The summed E-state index contributed by atoms with van der Waals surface area (Å²) in [5.41, 5.74) is 1.23. The van der Waals surface area contributed by atoms with E-state index in [9.17, 15) is 39.0 Å². The maximum absolute atomic E-state index is 14.3. The molecule has 14 atom stereocenters. The maximum atomic E-state index is 14.3. The van der Waals surface area contributed by atoms with Gasteiger partial charge < -0.3 is 34.1 Å². The van der Waals surface area contributed by atoms with Gasteiger partial charge in [0.25, 0.3) is 11.7 Å². The zero-order valence-electron chi connectivity index (χ0n) is 42.5. The van der Waals surface area contributed by atoms with Crippen LogP contribution in [0.3, 0.4) is 0 Å². The lowest BCUT2D eigenvalue weighted by Gasteiger charge is -2.38. The van der Waals surface area contributed by atoms with Crippen molar-refractivity contribution in [2.75, 3.05) is 27.9 Å². The van der Waals surface area contributed by atoms with Crippen LogP contribution in [0.5, 0.6) is 0 Å². The number of cyclic esters (lactones) is 1. The molecule has 17 nitrogen and oxygen atoms in total. The first-order valence-corrected chi connectivity index (χ1v) is 24.8. The molecule has 4 rings (SSSR count). The number of methoxy groups -OCH3 is 3.